The number of rotatable bonds is 1. The molecule has 2 nitrogen and oxygen atoms in total. The van der Waals surface area contributed by atoms with E-state index in [1.54, 1.807) is 0 Å². The minimum absolute atomic E-state index is 1.07. The molecule has 0 spiro atoms. The van der Waals surface area contributed by atoms with Crippen LogP contribution in [0.15, 0.2) is 54.6 Å². The van der Waals surface area contributed by atoms with Crippen LogP contribution in [-0.4, -0.2) is 26.2 Å². The lowest BCUT2D eigenvalue weighted by molar-refractivity contribution is 0.590. The number of piperazine rings is 1. The third-order valence-electron chi connectivity index (χ3n) is 4.96. The van der Waals surface area contributed by atoms with Gasteiger partial charge in [0.05, 0.1) is 0 Å². The topological polar surface area (TPSA) is 15.3 Å². The monoisotopic (exact) mass is 286 g/mol. The molecule has 22 heavy (non-hydrogen) atoms. The van der Waals surface area contributed by atoms with E-state index in [0.29, 0.717) is 0 Å². The van der Waals surface area contributed by atoms with Crippen LogP contribution in [0, 0.1) is 0 Å². The van der Waals surface area contributed by atoms with Crippen molar-refractivity contribution < 1.29 is 0 Å². The lowest BCUT2D eigenvalue weighted by Gasteiger charge is -2.31. The smallest absolute Gasteiger partial charge is 0.0447 e. The summed E-state index contributed by atoms with van der Waals surface area (Å²) in [5.74, 6) is 0. The summed E-state index contributed by atoms with van der Waals surface area (Å²) in [5.41, 5.74) is 1.38. The second kappa shape index (κ2) is 4.59. The average molecular weight is 286 g/mol. The molecular weight excluding hydrogens is 268 g/mol. The molecule has 1 saturated heterocycles. The fourth-order valence-corrected chi connectivity index (χ4v) is 3.90. The Labute approximate surface area is 129 Å². The molecule has 2 heteroatoms. The predicted molar refractivity (Wildman–Crippen MR) is 95.2 cm³/mol. The highest BCUT2D eigenvalue weighted by Crippen LogP contribution is 2.38. The Morgan fingerprint density at radius 2 is 1.32 bits per heavy atom. The van der Waals surface area contributed by atoms with Crippen LogP contribution < -0.4 is 10.2 Å². The average Bonchev–Trinajstić information content (AvgIpc) is 2.60. The molecule has 4 aromatic rings. The first-order chi connectivity index (χ1) is 10.9. The van der Waals surface area contributed by atoms with Crippen LogP contribution in [-0.2, 0) is 0 Å². The zero-order valence-corrected chi connectivity index (χ0v) is 12.5. The minimum atomic E-state index is 1.07. The van der Waals surface area contributed by atoms with Crippen molar-refractivity contribution in [3.63, 3.8) is 0 Å². The van der Waals surface area contributed by atoms with E-state index in [0.717, 1.165) is 26.2 Å². The first-order valence-corrected chi connectivity index (χ1v) is 8.04. The quantitative estimate of drug-likeness (QED) is 0.532. The lowest BCUT2D eigenvalue weighted by atomic mass is 9.93. The SMILES string of the molecule is c1cc2ccc3ccc(N4CCNCC4)c4ccc(c1)c2c34. The Hall–Kier alpha value is -2.32. The molecule has 0 unspecified atom stereocenters. The van der Waals surface area contributed by atoms with Crippen LogP contribution in [0.1, 0.15) is 0 Å². The van der Waals surface area contributed by atoms with E-state index in [-0.39, 0.29) is 0 Å². The number of anilines is 1. The second-order valence-corrected chi connectivity index (χ2v) is 6.18. The van der Waals surface area contributed by atoms with Gasteiger partial charge >= 0.3 is 0 Å². The molecule has 1 fully saturated rings. The molecule has 1 heterocycles. The van der Waals surface area contributed by atoms with Gasteiger partial charge in [-0.15, -0.1) is 0 Å². The Balaban J connectivity index is 1.89. The van der Waals surface area contributed by atoms with Crippen molar-refractivity contribution in [3.8, 4) is 0 Å². The van der Waals surface area contributed by atoms with E-state index < -0.39 is 0 Å². The molecule has 0 amide bonds. The molecule has 0 bridgehead atoms. The highest BCUT2D eigenvalue weighted by molar-refractivity contribution is 6.25. The van der Waals surface area contributed by atoms with E-state index in [1.165, 1.54) is 38.0 Å². The summed E-state index contributed by atoms with van der Waals surface area (Å²) in [4.78, 5) is 2.52. The highest BCUT2D eigenvalue weighted by Gasteiger charge is 2.16. The van der Waals surface area contributed by atoms with E-state index in [2.05, 4.69) is 64.8 Å². The first-order valence-electron chi connectivity index (χ1n) is 8.04. The molecule has 5 rings (SSSR count). The van der Waals surface area contributed by atoms with Gasteiger partial charge in [-0.1, -0.05) is 48.5 Å². The van der Waals surface area contributed by atoms with Gasteiger partial charge in [0.15, 0.2) is 0 Å². The van der Waals surface area contributed by atoms with Crippen LogP contribution in [0.2, 0.25) is 0 Å². The van der Waals surface area contributed by atoms with Crippen LogP contribution in [0.4, 0.5) is 5.69 Å². The summed E-state index contributed by atoms with van der Waals surface area (Å²) in [7, 11) is 0. The molecule has 1 aliphatic heterocycles. The fraction of sp³-hybridized carbons (Fsp3) is 0.200. The van der Waals surface area contributed by atoms with E-state index in [4.69, 9.17) is 0 Å². The van der Waals surface area contributed by atoms with E-state index in [1.807, 2.05) is 0 Å². The Bertz CT molecular complexity index is 952. The third kappa shape index (κ3) is 1.65. The molecule has 0 atom stereocenters. The van der Waals surface area contributed by atoms with Crippen LogP contribution in [0.25, 0.3) is 32.3 Å². The summed E-state index contributed by atoms with van der Waals surface area (Å²) < 4.78 is 0. The molecule has 1 aliphatic rings. The minimum Gasteiger partial charge on any atom is -0.368 e. The van der Waals surface area contributed by atoms with E-state index in [9.17, 15) is 0 Å². The maximum absolute atomic E-state index is 3.44. The van der Waals surface area contributed by atoms with Gasteiger partial charge in [0, 0.05) is 37.3 Å². The molecule has 1 N–H and O–H groups in total. The Kier molecular flexibility index (Phi) is 2.55. The molecule has 0 saturated carbocycles. The number of hydrogen-bond acceptors (Lipinski definition) is 2. The van der Waals surface area contributed by atoms with Crippen molar-refractivity contribution in [1.29, 1.82) is 0 Å². The number of nitrogens with one attached hydrogen (secondary N) is 1. The maximum atomic E-state index is 3.44. The second-order valence-electron chi connectivity index (χ2n) is 6.18. The molecule has 0 aromatic heterocycles. The van der Waals surface area contributed by atoms with Gasteiger partial charge in [0.25, 0.3) is 0 Å². The van der Waals surface area contributed by atoms with Crippen molar-refractivity contribution in [3.05, 3.63) is 54.6 Å². The van der Waals surface area contributed by atoms with Crippen LogP contribution >= 0.6 is 0 Å². The van der Waals surface area contributed by atoms with Crippen LogP contribution in [0.5, 0.6) is 0 Å². The van der Waals surface area contributed by atoms with Crippen molar-refractivity contribution in [2.45, 2.75) is 0 Å². The molecular formula is C20H18N2. The van der Waals surface area contributed by atoms with Crippen molar-refractivity contribution in [2.75, 3.05) is 31.1 Å². The van der Waals surface area contributed by atoms with Gasteiger partial charge in [0.2, 0.25) is 0 Å². The van der Waals surface area contributed by atoms with Crippen molar-refractivity contribution in [1.82, 2.24) is 5.32 Å². The number of nitrogens with zero attached hydrogens (tertiary/aromatic N) is 1. The first kappa shape index (κ1) is 12.2. The van der Waals surface area contributed by atoms with Gasteiger partial charge in [-0.25, -0.2) is 0 Å². The zero-order valence-electron chi connectivity index (χ0n) is 12.5. The highest BCUT2D eigenvalue weighted by atomic mass is 15.2. The standard InChI is InChI=1S/C20H18N2/c1-2-14-4-5-16-7-9-18(22-12-10-21-11-13-22)17-8-6-15(3-1)19(14)20(16)17/h1-9,21H,10-13H2. The van der Waals surface area contributed by atoms with E-state index >= 15 is 0 Å². The van der Waals surface area contributed by atoms with Crippen molar-refractivity contribution >= 4 is 38.0 Å². The van der Waals surface area contributed by atoms with Gasteiger partial charge in [-0.2, -0.15) is 0 Å². The molecule has 0 aliphatic carbocycles. The summed E-state index contributed by atoms with van der Waals surface area (Å²) in [6, 6.07) is 20.3. The summed E-state index contributed by atoms with van der Waals surface area (Å²) in [5, 5.41) is 11.7. The maximum Gasteiger partial charge on any atom is 0.0447 e. The summed E-state index contributed by atoms with van der Waals surface area (Å²) in [6.45, 7) is 4.32. The van der Waals surface area contributed by atoms with Gasteiger partial charge in [-0.05, 0) is 33.0 Å². The number of benzene rings is 4. The van der Waals surface area contributed by atoms with Gasteiger partial charge in [0.1, 0.15) is 0 Å². The van der Waals surface area contributed by atoms with Gasteiger partial charge < -0.3 is 10.2 Å². The molecule has 108 valence electrons. The fourth-order valence-electron chi connectivity index (χ4n) is 3.90. The molecule has 0 radical (unpaired) electrons. The summed E-state index contributed by atoms with van der Waals surface area (Å²) >= 11 is 0. The van der Waals surface area contributed by atoms with Gasteiger partial charge in [-0.3, -0.25) is 0 Å². The normalized spacial score (nSPS) is 16.1. The predicted octanol–water partition coefficient (Wildman–Crippen LogP) is 3.99. The molecule has 4 aromatic carbocycles. The Morgan fingerprint density at radius 1 is 0.682 bits per heavy atom. The third-order valence-corrected chi connectivity index (χ3v) is 4.96. The lowest BCUT2D eigenvalue weighted by Crippen LogP contribution is -2.43. The van der Waals surface area contributed by atoms with Crippen molar-refractivity contribution in [2.24, 2.45) is 0 Å². The number of hydrogen-bond donors (Lipinski definition) is 1. The zero-order chi connectivity index (χ0) is 14.5. The van der Waals surface area contributed by atoms with Crippen LogP contribution in [0.3, 0.4) is 0 Å². The summed E-state index contributed by atoms with van der Waals surface area (Å²) in [6.07, 6.45) is 0. The largest absolute Gasteiger partial charge is 0.368 e. The Morgan fingerprint density at radius 3 is 2.09 bits per heavy atom.